The second-order valence-electron chi connectivity index (χ2n) is 6.24. The highest BCUT2D eigenvalue weighted by Crippen LogP contribution is 2.29. The van der Waals surface area contributed by atoms with Gasteiger partial charge in [0.1, 0.15) is 0 Å². The first kappa shape index (κ1) is 13.1. The third kappa shape index (κ3) is 2.70. The molecule has 19 heavy (non-hydrogen) atoms. The van der Waals surface area contributed by atoms with Crippen LogP contribution < -0.4 is 5.32 Å². The first-order valence-electron chi connectivity index (χ1n) is 7.81. The van der Waals surface area contributed by atoms with Gasteiger partial charge in [0.2, 0.25) is 0 Å². The summed E-state index contributed by atoms with van der Waals surface area (Å²) in [5.74, 6) is 0. The van der Waals surface area contributed by atoms with Gasteiger partial charge >= 0.3 is 0 Å². The topological polar surface area (TPSA) is 15.3 Å². The fourth-order valence-corrected chi connectivity index (χ4v) is 3.93. The molecule has 2 fully saturated rings. The number of nitrogens with zero attached hydrogens (tertiary/aromatic N) is 1. The van der Waals surface area contributed by atoms with Crippen molar-refractivity contribution in [2.45, 2.75) is 57.7 Å². The highest BCUT2D eigenvalue weighted by atomic mass is 15.2. The van der Waals surface area contributed by atoms with Crippen LogP contribution in [-0.4, -0.2) is 30.1 Å². The van der Waals surface area contributed by atoms with Crippen molar-refractivity contribution >= 4 is 0 Å². The Labute approximate surface area is 117 Å². The van der Waals surface area contributed by atoms with Gasteiger partial charge in [-0.2, -0.15) is 0 Å². The first-order valence-corrected chi connectivity index (χ1v) is 7.81. The smallest absolute Gasteiger partial charge is 0.0297 e. The minimum absolute atomic E-state index is 0.466. The number of nitrogens with one attached hydrogen (secondary N) is 1. The molecule has 2 aliphatic rings. The Morgan fingerprint density at radius 3 is 2.84 bits per heavy atom. The van der Waals surface area contributed by atoms with Gasteiger partial charge in [-0.15, -0.1) is 0 Å². The van der Waals surface area contributed by atoms with Crippen LogP contribution >= 0.6 is 0 Å². The van der Waals surface area contributed by atoms with Crippen LogP contribution in [0.15, 0.2) is 24.3 Å². The molecule has 3 rings (SSSR count). The van der Waals surface area contributed by atoms with Crippen LogP contribution in [0.25, 0.3) is 0 Å². The molecule has 2 aliphatic heterocycles. The molecule has 3 atom stereocenters. The SMILES string of the molecule is Cc1ccccc1[C@@H](C)NC1CCN2CCCCC12. The van der Waals surface area contributed by atoms with Gasteiger partial charge in [0.25, 0.3) is 0 Å². The monoisotopic (exact) mass is 258 g/mol. The molecule has 0 radical (unpaired) electrons. The van der Waals surface area contributed by atoms with Crippen molar-refractivity contribution in [3.8, 4) is 0 Å². The molecule has 0 aliphatic carbocycles. The number of aryl methyl sites for hydroxylation is 1. The molecule has 0 amide bonds. The molecule has 0 saturated carbocycles. The predicted molar refractivity (Wildman–Crippen MR) is 80.3 cm³/mol. The van der Waals surface area contributed by atoms with Crippen LogP contribution in [0.2, 0.25) is 0 Å². The van der Waals surface area contributed by atoms with E-state index in [9.17, 15) is 0 Å². The van der Waals surface area contributed by atoms with Crippen molar-refractivity contribution in [3.63, 3.8) is 0 Å². The van der Waals surface area contributed by atoms with Crippen molar-refractivity contribution in [2.75, 3.05) is 13.1 Å². The lowest BCUT2D eigenvalue weighted by atomic mass is 9.96. The summed E-state index contributed by atoms with van der Waals surface area (Å²) in [6.07, 6.45) is 5.52. The first-order chi connectivity index (χ1) is 9.25. The Morgan fingerprint density at radius 1 is 1.16 bits per heavy atom. The Balaban J connectivity index is 1.67. The van der Waals surface area contributed by atoms with Gasteiger partial charge in [0, 0.05) is 24.7 Å². The van der Waals surface area contributed by atoms with E-state index < -0.39 is 0 Å². The largest absolute Gasteiger partial charge is 0.306 e. The number of rotatable bonds is 3. The fourth-order valence-electron chi connectivity index (χ4n) is 3.93. The lowest BCUT2D eigenvalue weighted by Crippen LogP contribution is -2.45. The highest BCUT2D eigenvalue weighted by molar-refractivity contribution is 5.28. The van der Waals surface area contributed by atoms with Crippen LogP contribution in [0.5, 0.6) is 0 Å². The Hall–Kier alpha value is -0.860. The molecular formula is C17H26N2. The van der Waals surface area contributed by atoms with Crippen LogP contribution in [-0.2, 0) is 0 Å². The van der Waals surface area contributed by atoms with Gasteiger partial charge in [0.15, 0.2) is 0 Å². The fraction of sp³-hybridized carbons (Fsp3) is 0.647. The summed E-state index contributed by atoms with van der Waals surface area (Å²) in [5, 5.41) is 3.89. The maximum absolute atomic E-state index is 3.89. The number of hydrogen-bond donors (Lipinski definition) is 1. The molecule has 0 aromatic heterocycles. The van der Waals surface area contributed by atoms with Crippen molar-refractivity contribution in [3.05, 3.63) is 35.4 Å². The lowest BCUT2D eigenvalue weighted by Gasteiger charge is -2.34. The van der Waals surface area contributed by atoms with Gasteiger partial charge in [-0.05, 0) is 50.8 Å². The van der Waals surface area contributed by atoms with Gasteiger partial charge in [0.05, 0.1) is 0 Å². The van der Waals surface area contributed by atoms with Crippen LogP contribution in [0.3, 0.4) is 0 Å². The second kappa shape index (κ2) is 5.64. The lowest BCUT2D eigenvalue weighted by molar-refractivity contribution is 0.177. The number of benzene rings is 1. The third-order valence-corrected chi connectivity index (χ3v) is 4.98. The van der Waals surface area contributed by atoms with Gasteiger partial charge in [-0.1, -0.05) is 30.7 Å². The maximum Gasteiger partial charge on any atom is 0.0297 e. The third-order valence-electron chi connectivity index (χ3n) is 4.98. The van der Waals surface area contributed by atoms with Crippen molar-refractivity contribution in [2.24, 2.45) is 0 Å². The van der Waals surface area contributed by atoms with E-state index in [1.807, 2.05) is 0 Å². The Bertz CT molecular complexity index is 429. The van der Waals surface area contributed by atoms with E-state index in [0.717, 1.165) is 6.04 Å². The van der Waals surface area contributed by atoms with E-state index >= 15 is 0 Å². The molecular weight excluding hydrogens is 232 g/mol. The standard InChI is InChI=1S/C17H26N2/c1-13-7-3-4-8-15(13)14(2)18-16-10-12-19-11-6-5-9-17(16)19/h3-4,7-8,14,16-18H,5-6,9-12H2,1-2H3/t14-,16?,17?/m1/s1. The molecule has 0 bridgehead atoms. The quantitative estimate of drug-likeness (QED) is 0.895. The summed E-state index contributed by atoms with van der Waals surface area (Å²) in [6.45, 7) is 7.15. The van der Waals surface area contributed by atoms with E-state index in [0.29, 0.717) is 12.1 Å². The van der Waals surface area contributed by atoms with Crippen LogP contribution in [0.1, 0.15) is 49.8 Å². The molecule has 2 heteroatoms. The second-order valence-corrected chi connectivity index (χ2v) is 6.24. The van der Waals surface area contributed by atoms with Crippen LogP contribution in [0.4, 0.5) is 0 Å². The zero-order valence-corrected chi connectivity index (χ0v) is 12.2. The van der Waals surface area contributed by atoms with E-state index in [-0.39, 0.29) is 0 Å². The molecule has 2 saturated heterocycles. The summed E-state index contributed by atoms with van der Waals surface area (Å²) in [4.78, 5) is 2.70. The van der Waals surface area contributed by atoms with Gasteiger partial charge < -0.3 is 5.32 Å². The molecule has 2 heterocycles. The summed E-state index contributed by atoms with van der Waals surface area (Å²) < 4.78 is 0. The predicted octanol–water partition coefficient (Wildman–Crippen LogP) is 3.27. The summed E-state index contributed by atoms with van der Waals surface area (Å²) in [6, 6.07) is 10.7. The van der Waals surface area contributed by atoms with Gasteiger partial charge in [-0.25, -0.2) is 0 Å². The Morgan fingerprint density at radius 2 is 2.00 bits per heavy atom. The molecule has 1 N–H and O–H groups in total. The summed E-state index contributed by atoms with van der Waals surface area (Å²) in [7, 11) is 0. The molecule has 2 unspecified atom stereocenters. The van der Waals surface area contributed by atoms with Crippen LogP contribution in [0, 0.1) is 6.92 Å². The summed E-state index contributed by atoms with van der Waals surface area (Å²) >= 11 is 0. The van der Waals surface area contributed by atoms with E-state index in [2.05, 4.69) is 48.3 Å². The number of hydrogen-bond acceptors (Lipinski definition) is 2. The van der Waals surface area contributed by atoms with Crippen molar-refractivity contribution in [1.82, 2.24) is 10.2 Å². The van der Waals surface area contributed by atoms with E-state index in [4.69, 9.17) is 0 Å². The maximum atomic E-state index is 3.89. The van der Waals surface area contributed by atoms with Crippen molar-refractivity contribution < 1.29 is 0 Å². The average molecular weight is 258 g/mol. The van der Waals surface area contributed by atoms with Crippen molar-refractivity contribution in [1.29, 1.82) is 0 Å². The van der Waals surface area contributed by atoms with E-state index in [1.54, 1.807) is 0 Å². The molecule has 0 spiro atoms. The molecule has 1 aromatic carbocycles. The zero-order chi connectivity index (χ0) is 13.2. The van der Waals surface area contributed by atoms with E-state index in [1.165, 1.54) is 49.9 Å². The molecule has 2 nitrogen and oxygen atoms in total. The normalized spacial score (nSPS) is 29.2. The van der Waals surface area contributed by atoms with Gasteiger partial charge in [-0.3, -0.25) is 4.90 Å². The molecule has 1 aromatic rings. The highest BCUT2D eigenvalue weighted by Gasteiger charge is 2.35. The minimum atomic E-state index is 0.466. The molecule has 104 valence electrons. The number of fused-ring (bicyclic) bond motifs is 1. The Kier molecular flexibility index (Phi) is 3.90. The summed E-state index contributed by atoms with van der Waals surface area (Å²) in [5.41, 5.74) is 2.86. The zero-order valence-electron chi connectivity index (χ0n) is 12.2. The average Bonchev–Trinajstić information content (AvgIpc) is 2.83. The number of piperidine rings is 1. The minimum Gasteiger partial charge on any atom is -0.306 e.